The van der Waals surface area contributed by atoms with E-state index in [1.807, 2.05) is 42.5 Å². The van der Waals surface area contributed by atoms with Crippen molar-refractivity contribution in [3.05, 3.63) is 69.5 Å². The molecule has 5 nitrogen and oxygen atoms in total. The summed E-state index contributed by atoms with van der Waals surface area (Å²) >= 11 is 4.97. The Kier molecular flexibility index (Phi) is 6.71. The summed E-state index contributed by atoms with van der Waals surface area (Å²) in [5.74, 6) is -0.0568. The molecular formula is C22H22BrN3O2S. The number of ether oxygens (including phenoxy) is 1. The highest BCUT2D eigenvalue weighted by Gasteiger charge is 2.19. The van der Waals surface area contributed by atoms with Gasteiger partial charge >= 0.3 is 0 Å². The number of morpholine rings is 1. The molecule has 3 aromatic rings. The molecule has 1 aliphatic heterocycles. The highest BCUT2D eigenvalue weighted by atomic mass is 79.9. The van der Waals surface area contributed by atoms with Gasteiger partial charge in [0, 0.05) is 34.5 Å². The van der Waals surface area contributed by atoms with Gasteiger partial charge in [0.1, 0.15) is 0 Å². The van der Waals surface area contributed by atoms with Crippen LogP contribution >= 0.6 is 27.3 Å². The molecule has 2 aromatic carbocycles. The van der Waals surface area contributed by atoms with Crippen LogP contribution in [0.4, 0.5) is 5.13 Å². The average molecular weight is 472 g/mol. The predicted molar refractivity (Wildman–Crippen MR) is 120 cm³/mol. The van der Waals surface area contributed by atoms with E-state index in [4.69, 9.17) is 9.72 Å². The van der Waals surface area contributed by atoms with Crippen molar-refractivity contribution in [2.75, 3.05) is 31.6 Å². The predicted octanol–water partition coefficient (Wildman–Crippen LogP) is 4.59. The van der Waals surface area contributed by atoms with E-state index in [9.17, 15) is 4.79 Å². The summed E-state index contributed by atoms with van der Waals surface area (Å²) in [6.07, 6.45) is 0.326. The Bertz CT molecular complexity index is 954. The van der Waals surface area contributed by atoms with E-state index >= 15 is 0 Å². The topological polar surface area (TPSA) is 54.5 Å². The van der Waals surface area contributed by atoms with E-state index in [0.29, 0.717) is 11.6 Å². The van der Waals surface area contributed by atoms with Gasteiger partial charge in [-0.15, -0.1) is 0 Å². The molecule has 2 heterocycles. The lowest BCUT2D eigenvalue weighted by molar-refractivity contribution is -0.115. The lowest BCUT2D eigenvalue weighted by Gasteiger charge is -2.26. The van der Waals surface area contributed by atoms with E-state index in [1.165, 1.54) is 0 Å². The standard InChI is InChI=1S/C22H22BrN3O2S/c23-18-8-6-16(7-9-18)14-20(27)24-22-25-21(17-4-2-1-3-5-17)19(29-22)15-26-10-12-28-13-11-26/h1-9H,10-15H2,(H,24,25,27). The molecule has 0 atom stereocenters. The summed E-state index contributed by atoms with van der Waals surface area (Å²) < 4.78 is 6.46. The van der Waals surface area contributed by atoms with Crippen molar-refractivity contribution in [2.24, 2.45) is 0 Å². The number of nitrogens with one attached hydrogen (secondary N) is 1. The zero-order chi connectivity index (χ0) is 20.1. The molecule has 29 heavy (non-hydrogen) atoms. The first-order chi connectivity index (χ1) is 14.2. The van der Waals surface area contributed by atoms with Crippen LogP contribution in [0.3, 0.4) is 0 Å². The van der Waals surface area contributed by atoms with Crippen molar-refractivity contribution in [1.82, 2.24) is 9.88 Å². The summed E-state index contributed by atoms with van der Waals surface area (Å²) in [6, 6.07) is 17.9. The second kappa shape index (κ2) is 9.63. The van der Waals surface area contributed by atoms with Crippen LogP contribution in [-0.2, 0) is 22.5 Å². The summed E-state index contributed by atoms with van der Waals surface area (Å²) in [5, 5.41) is 3.63. The fourth-order valence-corrected chi connectivity index (χ4v) is 4.55. The summed E-state index contributed by atoms with van der Waals surface area (Å²) in [7, 11) is 0. The molecule has 1 saturated heterocycles. The number of carbonyl (C=O) groups is 1. The molecule has 1 fully saturated rings. The van der Waals surface area contributed by atoms with Crippen LogP contribution in [0.25, 0.3) is 11.3 Å². The zero-order valence-corrected chi connectivity index (χ0v) is 18.3. The van der Waals surface area contributed by atoms with Gasteiger partial charge in [0.25, 0.3) is 0 Å². The van der Waals surface area contributed by atoms with Gasteiger partial charge in [-0.05, 0) is 17.7 Å². The second-order valence-electron chi connectivity index (χ2n) is 6.90. The van der Waals surface area contributed by atoms with E-state index in [2.05, 4.69) is 38.3 Å². The number of hydrogen-bond donors (Lipinski definition) is 1. The Hall–Kier alpha value is -2.06. The number of thiazole rings is 1. The van der Waals surface area contributed by atoms with Crippen molar-refractivity contribution in [1.29, 1.82) is 0 Å². The van der Waals surface area contributed by atoms with Crippen LogP contribution in [0, 0.1) is 0 Å². The highest BCUT2D eigenvalue weighted by molar-refractivity contribution is 9.10. The Labute approximate surface area is 182 Å². The van der Waals surface area contributed by atoms with Crippen LogP contribution in [0.15, 0.2) is 59.1 Å². The van der Waals surface area contributed by atoms with Crippen LogP contribution in [0.2, 0.25) is 0 Å². The smallest absolute Gasteiger partial charge is 0.230 e. The second-order valence-corrected chi connectivity index (χ2v) is 8.90. The van der Waals surface area contributed by atoms with E-state index in [0.717, 1.165) is 59.0 Å². The molecule has 1 N–H and O–H groups in total. The SMILES string of the molecule is O=C(Cc1ccc(Br)cc1)Nc1nc(-c2ccccc2)c(CN2CCOCC2)s1. The molecule has 1 aliphatic rings. The lowest BCUT2D eigenvalue weighted by Crippen LogP contribution is -2.35. The number of amides is 1. The molecule has 0 saturated carbocycles. The van der Waals surface area contributed by atoms with Gasteiger partial charge in [-0.1, -0.05) is 69.7 Å². The lowest BCUT2D eigenvalue weighted by atomic mass is 10.1. The number of halogens is 1. The normalized spacial score (nSPS) is 14.7. The number of anilines is 1. The third kappa shape index (κ3) is 5.51. The zero-order valence-electron chi connectivity index (χ0n) is 15.9. The molecule has 0 radical (unpaired) electrons. The minimum Gasteiger partial charge on any atom is -0.379 e. The van der Waals surface area contributed by atoms with Crippen molar-refractivity contribution in [3.63, 3.8) is 0 Å². The molecular weight excluding hydrogens is 450 g/mol. The highest BCUT2D eigenvalue weighted by Crippen LogP contribution is 2.32. The number of rotatable bonds is 6. The molecule has 150 valence electrons. The third-order valence-corrected chi connectivity index (χ3v) is 6.22. The molecule has 1 aromatic heterocycles. The van der Waals surface area contributed by atoms with Crippen LogP contribution in [0.1, 0.15) is 10.4 Å². The maximum absolute atomic E-state index is 12.5. The Balaban J connectivity index is 1.52. The van der Waals surface area contributed by atoms with Crippen LogP contribution in [-0.4, -0.2) is 42.1 Å². The third-order valence-electron chi connectivity index (χ3n) is 4.74. The minimum absolute atomic E-state index is 0.0568. The molecule has 0 bridgehead atoms. The van der Waals surface area contributed by atoms with Crippen molar-refractivity contribution >= 4 is 38.3 Å². The number of hydrogen-bond acceptors (Lipinski definition) is 5. The van der Waals surface area contributed by atoms with Gasteiger partial charge in [-0.3, -0.25) is 9.69 Å². The quantitative estimate of drug-likeness (QED) is 0.571. The molecule has 7 heteroatoms. The van der Waals surface area contributed by atoms with Crippen molar-refractivity contribution in [3.8, 4) is 11.3 Å². The van der Waals surface area contributed by atoms with E-state index < -0.39 is 0 Å². The van der Waals surface area contributed by atoms with Gasteiger partial charge in [0.15, 0.2) is 5.13 Å². The van der Waals surface area contributed by atoms with Crippen molar-refractivity contribution in [2.45, 2.75) is 13.0 Å². The Morgan fingerprint density at radius 3 is 2.55 bits per heavy atom. The molecule has 0 unspecified atom stereocenters. The first-order valence-electron chi connectivity index (χ1n) is 9.57. The van der Waals surface area contributed by atoms with E-state index in [-0.39, 0.29) is 5.91 Å². The summed E-state index contributed by atoms with van der Waals surface area (Å²) in [6.45, 7) is 4.16. The maximum Gasteiger partial charge on any atom is 0.230 e. The van der Waals surface area contributed by atoms with Gasteiger partial charge in [-0.25, -0.2) is 4.98 Å². The summed E-state index contributed by atoms with van der Waals surface area (Å²) in [4.78, 5) is 20.8. The number of carbonyl (C=O) groups excluding carboxylic acids is 1. The first-order valence-corrected chi connectivity index (χ1v) is 11.2. The largest absolute Gasteiger partial charge is 0.379 e. The van der Waals surface area contributed by atoms with E-state index in [1.54, 1.807) is 11.3 Å². The maximum atomic E-state index is 12.5. The van der Waals surface area contributed by atoms with Gasteiger partial charge in [0.05, 0.1) is 25.3 Å². The Morgan fingerprint density at radius 1 is 1.10 bits per heavy atom. The first kappa shape index (κ1) is 20.2. The molecule has 0 aliphatic carbocycles. The monoisotopic (exact) mass is 471 g/mol. The minimum atomic E-state index is -0.0568. The fourth-order valence-electron chi connectivity index (χ4n) is 3.25. The summed E-state index contributed by atoms with van der Waals surface area (Å²) in [5.41, 5.74) is 2.99. The van der Waals surface area contributed by atoms with Crippen molar-refractivity contribution < 1.29 is 9.53 Å². The average Bonchev–Trinajstić information content (AvgIpc) is 3.13. The molecule has 1 amide bonds. The fraction of sp³-hybridized carbons (Fsp3) is 0.273. The van der Waals surface area contributed by atoms with Crippen LogP contribution < -0.4 is 5.32 Å². The van der Waals surface area contributed by atoms with Gasteiger partial charge in [0.2, 0.25) is 5.91 Å². The van der Waals surface area contributed by atoms with Gasteiger partial charge in [-0.2, -0.15) is 0 Å². The Morgan fingerprint density at radius 2 is 1.83 bits per heavy atom. The van der Waals surface area contributed by atoms with Gasteiger partial charge < -0.3 is 10.1 Å². The molecule has 0 spiro atoms. The number of aromatic nitrogens is 1. The van der Waals surface area contributed by atoms with Crippen LogP contribution in [0.5, 0.6) is 0 Å². The number of nitrogens with zero attached hydrogens (tertiary/aromatic N) is 2. The number of benzene rings is 2. The molecule has 4 rings (SSSR count).